The lowest BCUT2D eigenvalue weighted by atomic mass is 10.1. The van der Waals surface area contributed by atoms with Gasteiger partial charge < -0.3 is 0 Å². The molecule has 2 aromatic heterocycles. The normalized spacial score (nSPS) is 11.8. The number of anilines is 1. The predicted molar refractivity (Wildman–Crippen MR) is 77.0 cm³/mol. The number of benzene rings is 1. The van der Waals surface area contributed by atoms with Crippen molar-refractivity contribution in [1.29, 1.82) is 0 Å². The first-order valence-corrected chi connectivity index (χ1v) is 8.29. The molecular weight excluding hydrogens is 282 g/mol. The summed E-state index contributed by atoms with van der Waals surface area (Å²) in [6.45, 7) is 0. The van der Waals surface area contributed by atoms with Gasteiger partial charge in [-0.2, -0.15) is 0 Å². The zero-order valence-electron chi connectivity index (χ0n) is 10.1. The maximum atomic E-state index is 11.1. The third-order valence-electron chi connectivity index (χ3n) is 2.58. The second-order valence-corrected chi connectivity index (χ2v) is 6.79. The molecule has 5 nitrogen and oxygen atoms in total. The number of imidazole rings is 1. The molecule has 1 N–H and O–H groups in total. The Bertz CT molecular complexity index is 788. The number of nitrogens with zero attached hydrogens (tertiary/aromatic N) is 2. The van der Waals surface area contributed by atoms with Crippen LogP contribution in [-0.4, -0.2) is 24.1 Å². The Labute approximate surface area is 114 Å². The summed E-state index contributed by atoms with van der Waals surface area (Å²) in [6.07, 6.45) is 5.03. The molecule has 3 rings (SSSR count). The van der Waals surface area contributed by atoms with E-state index in [1.807, 2.05) is 34.3 Å². The summed E-state index contributed by atoms with van der Waals surface area (Å²) in [5.74, 6) is 0. The van der Waals surface area contributed by atoms with Crippen LogP contribution in [-0.2, 0) is 10.0 Å². The van der Waals surface area contributed by atoms with Crippen LogP contribution in [0, 0.1) is 0 Å². The minimum atomic E-state index is -3.23. The van der Waals surface area contributed by atoms with Gasteiger partial charge in [0.25, 0.3) is 0 Å². The Morgan fingerprint density at radius 1 is 1.26 bits per heavy atom. The van der Waals surface area contributed by atoms with Gasteiger partial charge in [0.2, 0.25) is 10.0 Å². The molecule has 98 valence electrons. The van der Waals surface area contributed by atoms with E-state index in [0.29, 0.717) is 5.69 Å². The van der Waals surface area contributed by atoms with Gasteiger partial charge in [0.05, 0.1) is 11.9 Å². The van der Waals surface area contributed by atoms with Crippen LogP contribution < -0.4 is 4.72 Å². The second-order valence-electron chi connectivity index (χ2n) is 4.17. The van der Waals surface area contributed by atoms with Crippen molar-refractivity contribution in [2.24, 2.45) is 0 Å². The monoisotopic (exact) mass is 293 g/mol. The van der Waals surface area contributed by atoms with Gasteiger partial charge in [0.15, 0.2) is 4.96 Å². The highest BCUT2D eigenvalue weighted by molar-refractivity contribution is 7.92. The highest BCUT2D eigenvalue weighted by atomic mass is 32.2. The van der Waals surface area contributed by atoms with Crippen molar-refractivity contribution in [2.45, 2.75) is 0 Å². The third-order valence-corrected chi connectivity index (χ3v) is 3.95. The molecule has 0 atom stereocenters. The van der Waals surface area contributed by atoms with E-state index in [4.69, 9.17) is 0 Å². The van der Waals surface area contributed by atoms with Crippen molar-refractivity contribution in [1.82, 2.24) is 9.38 Å². The Hall–Kier alpha value is -1.86. The van der Waals surface area contributed by atoms with Gasteiger partial charge in [-0.3, -0.25) is 9.12 Å². The summed E-state index contributed by atoms with van der Waals surface area (Å²) in [7, 11) is -3.23. The van der Waals surface area contributed by atoms with Crippen molar-refractivity contribution in [2.75, 3.05) is 11.0 Å². The molecule has 0 unspecified atom stereocenters. The van der Waals surface area contributed by atoms with Gasteiger partial charge >= 0.3 is 0 Å². The fourth-order valence-electron chi connectivity index (χ4n) is 1.79. The van der Waals surface area contributed by atoms with Crippen LogP contribution in [0.3, 0.4) is 0 Å². The number of aromatic nitrogens is 2. The van der Waals surface area contributed by atoms with Crippen molar-refractivity contribution in [3.8, 4) is 11.3 Å². The van der Waals surface area contributed by atoms with E-state index in [0.717, 1.165) is 22.5 Å². The lowest BCUT2D eigenvalue weighted by molar-refractivity contribution is 0.607. The Morgan fingerprint density at radius 2 is 2.00 bits per heavy atom. The molecule has 0 amide bonds. The number of hydrogen-bond donors (Lipinski definition) is 1. The van der Waals surface area contributed by atoms with Crippen molar-refractivity contribution in [3.63, 3.8) is 0 Å². The van der Waals surface area contributed by atoms with Crippen LogP contribution in [0.5, 0.6) is 0 Å². The van der Waals surface area contributed by atoms with E-state index in [1.54, 1.807) is 23.5 Å². The van der Waals surface area contributed by atoms with E-state index in [1.165, 1.54) is 0 Å². The maximum Gasteiger partial charge on any atom is 0.229 e. The average molecular weight is 293 g/mol. The number of fused-ring (bicyclic) bond motifs is 1. The maximum absolute atomic E-state index is 11.1. The number of hydrogen-bond acceptors (Lipinski definition) is 4. The lowest BCUT2D eigenvalue weighted by Gasteiger charge is -2.04. The zero-order valence-corrected chi connectivity index (χ0v) is 11.7. The van der Waals surface area contributed by atoms with E-state index in [2.05, 4.69) is 9.71 Å². The fourth-order valence-corrected chi connectivity index (χ4v) is 3.05. The molecule has 19 heavy (non-hydrogen) atoms. The predicted octanol–water partition coefficient (Wildman–Crippen LogP) is 2.43. The first kappa shape index (κ1) is 12.2. The molecule has 3 aromatic rings. The van der Waals surface area contributed by atoms with Crippen LogP contribution in [0.15, 0.2) is 42.0 Å². The fraction of sp³-hybridized carbons (Fsp3) is 0.0833. The molecular formula is C12H11N3O2S2. The van der Waals surface area contributed by atoms with Crippen LogP contribution in [0.4, 0.5) is 5.69 Å². The standard InChI is InChI=1S/C12H11N3O2S2/c1-19(16,17)14-10-4-2-9(3-5-10)11-8-15-6-7-18-12(15)13-11/h2-8,14H,1H3. The molecule has 0 aliphatic heterocycles. The average Bonchev–Trinajstić information content (AvgIpc) is 2.87. The zero-order chi connectivity index (χ0) is 13.5. The largest absolute Gasteiger partial charge is 0.297 e. The van der Waals surface area contributed by atoms with Crippen molar-refractivity contribution in [3.05, 3.63) is 42.0 Å². The minimum absolute atomic E-state index is 0.548. The molecule has 0 saturated carbocycles. The molecule has 0 spiro atoms. The molecule has 0 bridgehead atoms. The molecule has 7 heteroatoms. The van der Waals surface area contributed by atoms with E-state index in [-0.39, 0.29) is 0 Å². The molecule has 0 radical (unpaired) electrons. The first-order chi connectivity index (χ1) is 9.01. The highest BCUT2D eigenvalue weighted by Gasteiger charge is 2.06. The Morgan fingerprint density at radius 3 is 2.63 bits per heavy atom. The summed E-state index contributed by atoms with van der Waals surface area (Å²) >= 11 is 1.57. The molecule has 1 aromatic carbocycles. The molecule has 0 fully saturated rings. The number of thiazole rings is 1. The summed E-state index contributed by atoms with van der Waals surface area (Å²) in [5.41, 5.74) is 2.37. The molecule has 0 saturated heterocycles. The second kappa shape index (κ2) is 4.36. The highest BCUT2D eigenvalue weighted by Crippen LogP contribution is 2.23. The van der Waals surface area contributed by atoms with Gasteiger partial charge in [-0.05, 0) is 12.1 Å². The number of sulfonamides is 1. The topological polar surface area (TPSA) is 63.5 Å². The van der Waals surface area contributed by atoms with Gasteiger partial charge in [-0.25, -0.2) is 13.4 Å². The summed E-state index contributed by atoms with van der Waals surface area (Å²) in [5, 5.41) is 1.98. The van der Waals surface area contributed by atoms with E-state index in [9.17, 15) is 8.42 Å². The summed E-state index contributed by atoms with van der Waals surface area (Å²) in [6, 6.07) is 7.15. The molecule has 0 aliphatic carbocycles. The Balaban J connectivity index is 1.92. The summed E-state index contributed by atoms with van der Waals surface area (Å²) < 4.78 is 26.6. The van der Waals surface area contributed by atoms with Gasteiger partial charge in [0, 0.05) is 29.0 Å². The van der Waals surface area contributed by atoms with E-state index < -0.39 is 10.0 Å². The lowest BCUT2D eigenvalue weighted by Crippen LogP contribution is -2.09. The van der Waals surface area contributed by atoms with Gasteiger partial charge in [-0.1, -0.05) is 12.1 Å². The van der Waals surface area contributed by atoms with Gasteiger partial charge in [-0.15, -0.1) is 11.3 Å². The van der Waals surface area contributed by atoms with Crippen LogP contribution in [0.2, 0.25) is 0 Å². The quantitative estimate of drug-likeness (QED) is 0.806. The molecule has 0 aliphatic rings. The van der Waals surface area contributed by atoms with Gasteiger partial charge in [0.1, 0.15) is 0 Å². The number of rotatable bonds is 3. The first-order valence-electron chi connectivity index (χ1n) is 5.52. The van der Waals surface area contributed by atoms with Crippen molar-refractivity contribution >= 4 is 32.0 Å². The van der Waals surface area contributed by atoms with Crippen LogP contribution in [0.25, 0.3) is 16.2 Å². The Kier molecular flexibility index (Phi) is 2.79. The SMILES string of the molecule is CS(=O)(=O)Nc1ccc(-c2cn3ccsc3n2)cc1. The molecule has 2 heterocycles. The van der Waals surface area contributed by atoms with Crippen molar-refractivity contribution < 1.29 is 8.42 Å². The van der Waals surface area contributed by atoms with Crippen LogP contribution >= 0.6 is 11.3 Å². The minimum Gasteiger partial charge on any atom is -0.297 e. The van der Waals surface area contributed by atoms with E-state index >= 15 is 0 Å². The third kappa shape index (κ3) is 2.61. The summed E-state index contributed by atoms with van der Waals surface area (Å²) in [4.78, 5) is 5.43. The van der Waals surface area contributed by atoms with Crippen LogP contribution in [0.1, 0.15) is 0 Å². The number of nitrogens with one attached hydrogen (secondary N) is 1. The smallest absolute Gasteiger partial charge is 0.229 e.